The molecule has 1 aliphatic rings. The average molecular weight is 350 g/mol. The van der Waals surface area contributed by atoms with E-state index in [9.17, 15) is 4.79 Å². The van der Waals surface area contributed by atoms with Gasteiger partial charge in [0.05, 0.1) is 5.57 Å². The van der Waals surface area contributed by atoms with E-state index in [1.54, 1.807) is 0 Å². The van der Waals surface area contributed by atoms with Crippen LogP contribution in [0.1, 0.15) is 30.5 Å². The summed E-state index contributed by atoms with van der Waals surface area (Å²) in [6.45, 7) is 8.10. The Morgan fingerprint density at radius 3 is 2.50 bits per heavy atom. The van der Waals surface area contributed by atoms with Crippen LogP contribution >= 0.6 is 0 Å². The zero-order chi connectivity index (χ0) is 18.4. The van der Waals surface area contributed by atoms with Crippen LogP contribution in [0.2, 0.25) is 0 Å². The molecule has 0 atom stereocenters. The van der Waals surface area contributed by atoms with Gasteiger partial charge in [0.25, 0.3) is 5.91 Å². The van der Waals surface area contributed by atoms with Gasteiger partial charge < -0.3 is 10.1 Å². The lowest BCUT2D eigenvalue weighted by atomic mass is 10.1. The second-order valence-corrected chi connectivity index (χ2v) is 6.41. The van der Waals surface area contributed by atoms with Crippen LogP contribution in [-0.2, 0) is 17.9 Å². The monoisotopic (exact) mass is 350 g/mol. The highest BCUT2D eigenvalue weighted by atomic mass is 16.5. The number of hydrogen-bond donors (Lipinski definition) is 1. The van der Waals surface area contributed by atoms with Crippen molar-refractivity contribution in [3.63, 3.8) is 0 Å². The van der Waals surface area contributed by atoms with E-state index >= 15 is 0 Å². The van der Waals surface area contributed by atoms with Crippen LogP contribution in [0.25, 0.3) is 6.08 Å². The number of carbonyl (C=O) groups excluding carboxylic acids is 1. The van der Waals surface area contributed by atoms with E-state index in [4.69, 9.17) is 4.74 Å². The maximum Gasteiger partial charge on any atom is 0.250 e. The Kier molecular flexibility index (Phi) is 6.08. The molecule has 0 saturated heterocycles. The quantitative estimate of drug-likeness (QED) is 0.829. The van der Waals surface area contributed by atoms with E-state index in [0.717, 1.165) is 36.5 Å². The van der Waals surface area contributed by atoms with Crippen LogP contribution in [0.4, 0.5) is 0 Å². The molecule has 2 aromatic carbocycles. The van der Waals surface area contributed by atoms with Gasteiger partial charge in [-0.3, -0.25) is 9.69 Å². The molecule has 1 N–H and O–H groups in total. The van der Waals surface area contributed by atoms with Crippen molar-refractivity contribution in [1.29, 1.82) is 0 Å². The minimum atomic E-state index is -0.0721. The van der Waals surface area contributed by atoms with Crippen LogP contribution in [0.3, 0.4) is 0 Å². The summed E-state index contributed by atoms with van der Waals surface area (Å²) in [6, 6.07) is 16.1. The van der Waals surface area contributed by atoms with Gasteiger partial charge in [-0.2, -0.15) is 0 Å². The number of para-hydroxylation sites is 1. The molecule has 136 valence electrons. The molecule has 1 aliphatic heterocycles. The maximum atomic E-state index is 12.6. The van der Waals surface area contributed by atoms with Crippen molar-refractivity contribution in [2.75, 3.05) is 19.7 Å². The predicted molar refractivity (Wildman–Crippen MR) is 105 cm³/mol. The zero-order valence-electron chi connectivity index (χ0n) is 15.5. The molecular formula is C22H26N2O2. The maximum absolute atomic E-state index is 12.6. The summed E-state index contributed by atoms with van der Waals surface area (Å²) in [4.78, 5) is 14.9. The Morgan fingerprint density at radius 2 is 1.73 bits per heavy atom. The molecule has 0 unspecified atom stereocenters. The number of nitrogens with zero attached hydrogens (tertiary/aromatic N) is 1. The van der Waals surface area contributed by atoms with Gasteiger partial charge in [0.2, 0.25) is 0 Å². The molecule has 0 spiro atoms. The normalized spacial score (nSPS) is 13.0. The molecular weight excluding hydrogens is 324 g/mol. The Hall–Kier alpha value is -2.59. The molecule has 0 bridgehead atoms. The van der Waals surface area contributed by atoms with Crippen molar-refractivity contribution in [2.24, 2.45) is 0 Å². The molecule has 2 aromatic rings. The van der Waals surface area contributed by atoms with E-state index in [0.29, 0.717) is 18.7 Å². The predicted octanol–water partition coefficient (Wildman–Crippen LogP) is 3.62. The lowest BCUT2D eigenvalue weighted by Gasteiger charge is -2.21. The van der Waals surface area contributed by atoms with Crippen LogP contribution in [0, 0.1) is 0 Å². The summed E-state index contributed by atoms with van der Waals surface area (Å²) in [6.07, 6.45) is 1.91. The number of rotatable bonds is 7. The minimum absolute atomic E-state index is 0.0721. The Balaban J connectivity index is 1.66. The molecule has 4 heteroatoms. The fourth-order valence-electron chi connectivity index (χ4n) is 3.11. The molecule has 3 rings (SSSR count). The van der Waals surface area contributed by atoms with Gasteiger partial charge >= 0.3 is 0 Å². The standard InChI is InChI=1S/C22H26N2O2/c1-3-24(4-2)15-19-11-6-5-10-18(19)14-23-22(25)20-13-17-9-7-8-12-21(17)26-16-20/h5-13H,3-4,14-16H2,1-2H3,(H,23,25). The summed E-state index contributed by atoms with van der Waals surface area (Å²) < 4.78 is 5.68. The highest BCUT2D eigenvalue weighted by Gasteiger charge is 2.17. The lowest BCUT2D eigenvalue weighted by Crippen LogP contribution is -2.29. The number of nitrogens with one attached hydrogen (secondary N) is 1. The van der Waals surface area contributed by atoms with Gasteiger partial charge in [-0.25, -0.2) is 0 Å². The van der Waals surface area contributed by atoms with Gasteiger partial charge in [0.1, 0.15) is 12.4 Å². The van der Waals surface area contributed by atoms with Gasteiger partial charge in [0.15, 0.2) is 0 Å². The van der Waals surface area contributed by atoms with E-state index in [1.807, 2.05) is 36.4 Å². The topological polar surface area (TPSA) is 41.6 Å². The number of fused-ring (bicyclic) bond motifs is 1. The van der Waals surface area contributed by atoms with Crippen molar-refractivity contribution < 1.29 is 9.53 Å². The van der Waals surface area contributed by atoms with E-state index in [1.165, 1.54) is 5.56 Å². The molecule has 26 heavy (non-hydrogen) atoms. The Bertz CT molecular complexity index is 794. The van der Waals surface area contributed by atoms with Crippen molar-refractivity contribution >= 4 is 12.0 Å². The summed E-state index contributed by atoms with van der Waals surface area (Å²) in [5, 5.41) is 3.04. The fourth-order valence-corrected chi connectivity index (χ4v) is 3.11. The third kappa shape index (κ3) is 4.33. The van der Waals surface area contributed by atoms with Crippen LogP contribution in [0.15, 0.2) is 54.1 Å². The average Bonchev–Trinajstić information content (AvgIpc) is 2.70. The second-order valence-electron chi connectivity index (χ2n) is 6.41. The third-order valence-electron chi connectivity index (χ3n) is 4.77. The van der Waals surface area contributed by atoms with Gasteiger partial charge in [0, 0.05) is 18.7 Å². The SMILES string of the molecule is CCN(CC)Cc1ccccc1CNC(=O)C1=Cc2ccccc2OC1. The summed E-state index contributed by atoms with van der Waals surface area (Å²) in [5.41, 5.74) is 4.02. The number of benzene rings is 2. The fraction of sp³-hybridized carbons (Fsp3) is 0.318. The number of ether oxygens (including phenoxy) is 1. The Labute approximate surface area is 155 Å². The smallest absolute Gasteiger partial charge is 0.250 e. The molecule has 0 aliphatic carbocycles. The van der Waals surface area contributed by atoms with Gasteiger partial charge in [-0.15, -0.1) is 0 Å². The van der Waals surface area contributed by atoms with Crippen LogP contribution in [0.5, 0.6) is 5.75 Å². The van der Waals surface area contributed by atoms with Crippen LogP contribution < -0.4 is 10.1 Å². The minimum Gasteiger partial charge on any atom is -0.488 e. The summed E-state index contributed by atoms with van der Waals surface area (Å²) in [5.74, 6) is 0.755. The molecule has 0 aromatic heterocycles. The first kappa shape index (κ1) is 18.2. The Morgan fingerprint density at radius 1 is 1.04 bits per heavy atom. The zero-order valence-corrected chi connectivity index (χ0v) is 15.5. The van der Waals surface area contributed by atoms with Crippen molar-refractivity contribution in [3.8, 4) is 5.75 Å². The molecule has 0 fully saturated rings. The largest absolute Gasteiger partial charge is 0.488 e. The molecule has 1 amide bonds. The molecule has 1 heterocycles. The van der Waals surface area contributed by atoms with Gasteiger partial charge in [-0.1, -0.05) is 56.3 Å². The van der Waals surface area contributed by atoms with E-state index < -0.39 is 0 Å². The number of amides is 1. The first-order valence-corrected chi connectivity index (χ1v) is 9.21. The lowest BCUT2D eigenvalue weighted by molar-refractivity contribution is -0.117. The van der Waals surface area contributed by atoms with Crippen molar-refractivity contribution in [3.05, 3.63) is 70.8 Å². The molecule has 0 saturated carbocycles. The van der Waals surface area contributed by atoms with Crippen molar-refractivity contribution in [1.82, 2.24) is 10.2 Å². The highest BCUT2D eigenvalue weighted by molar-refractivity contribution is 5.99. The van der Waals surface area contributed by atoms with Crippen molar-refractivity contribution in [2.45, 2.75) is 26.9 Å². The van der Waals surface area contributed by atoms with Crippen LogP contribution in [-0.4, -0.2) is 30.5 Å². The third-order valence-corrected chi connectivity index (χ3v) is 4.77. The van der Waals surface area contributed by atoms with E-state index in [-0.39, 0.29) is 5.91 Å². The molecule has 4 nitrogen and oxygen atoms in total. The number of hydrogen-bond acceptors (Lipinski definition) is 3. The second kappa shape index (κ2) is 8.68. The molecule has 0 radical (unpaired) electrons. The van der Waals surface area contributed by atoms with Gasteiger partial charge in [-0.05, 0) is 36.4 Å². The van der Waals surface area contributed by atoms with E-state index in [2.05, 4.69) is 42.3 Å². The first-order valence-electron chi connectivity index (χ1n) is 9.21. The first-order chi connectivity index (χ1) is 12.7. The number of carbonyl (C=O) groups is 1. The summed E-state index contributed by atoms with van der Waals surface area (Å²) in [7, 11) is 0. The highest BCUT2D eigenvalue weighted by Crippen LogP contribution is 2.25. The summed E-state index contributed by atoms with van der Waals surface area (Å²) >= 11 is 0.